The standard InChI is InChI=1S/C9H8F4N4/c10-7(11)5-1-6(8(12)13)17-9(16-5)4(2-14)3-15-17/h3,5-8,16H,1H2/t5-,6-/m1/s1. The Morgan fingerprint density at radius 3 is 2.65 bits per heavy atom. The number of fused-ring (bicyclic) bond motifs is 1. The Kier molecular flexibility index (Phi) is 2.92. The van der Waals surface area contributed by atoms with Crippen LogP contribution in [-0.4, -0.2) is 28.7 Å². The number of nitrogens with zero attached hydrogens (tertiary/aromatic N) is 3. The monoisotopic (exact) mass is 248 g/mol. The smallest absolute Gasteiger partial charge is 0.260 e. The number of nitrogens with one attached hydrogen (secondary N) is 1. The van der Waals surface area contributed by atoms with Gasteiger partial charge < -0.3 is 5.32 Å². The quantitative estimate of drug-likeness (QED) is 0.814. The average Bonchev–Trinajstić information content (AvgIpc) is 2.69. The fraction of sp³-hybridized carbons (Fsp3) is 0.556. The molecule has 2 rings (SSSR count). The molecule has 0 amide bonds. The predicted octanol–water partition coefficient (Wildman–Crippen LogP) is 2.01. The van der Waals surface area contributed by atoms with Gasteiger partial charge in [-0.25, -0.2) is 22.2 Å². The zero-order valence-corrected chi connectivity index (χ0v) is 8.45. The van der Waals surface area contributed by atoms with Gasteiger partial charge >= 0.3 is 0 Å². The van der Waals surface area contributed by atoms with Crippen molar-refractivity contribution in [3.63, 3.8) is 0 Å². The Morgan fingerprint density at radius 2 is 2.12 bits per heavy atom. The summed E-state index contributed by atoms with van der Waals surface area (Å²) in [5.74, 6) is -0.0608. The Bertz CT molecular complexity index is 450. The molecule has 0 radical (unpaired) electrons. The maximum absolute atomic E-state index is 12.7. The molecule has 1 aromatic rings. The molecular formula is C9H8F4N4. The zero-order chi connectivity index (χ0) is 12.6. The van der Waals surface area contributed by atoms with Crippen LogP contribution in [0.25, 0.3) is 0 Å². The minimum atomic E-state index is -2.80. The van der Waals surface area contributed by atoms with Gasteiger partial charge in [-0.1, -0.05) is 0 Å². The second kappa shape index (κ2) is 4.24. The molecule has 0 saturated heterocycles. The molecule has 0 bridgehead atoms. The molecule has 2 heterocycles. The minimum Gasteiger partial charge on any atom is -0.361 e. The fourth-order valence-electron chi connectivity index (χ4n) is 1.81. The van der Waals surface area contributed by atoms with E-state index in [4.69, 9.17) is 5.26 Å². The van der Waals surface area contributed by atoms with Crippen molar-refractivity contribution in [1.29, 1.82) is 5.26 Å². The lowest BCUT2D eigenvalue weighted by molar-refractivity contribution is 0.0421. The number of alkyl halides is 4. The summed E-state index contributed by atoms with van der Waals surface area (Å²) >= 11 is 0. The molecule has 4 nitrogen and oxygen atoms in total. The fourth-order valence-corrected chi connectivity index (χ4v) is 1.81. The molecule has 0 aliphatic carbocycles. The highest BCUT2D eigenvalue weighted by Gasteiger charge is 2.38. The Labute approximate surface area is 93.8 Å². The van der Waals surface area contributed by atoms with Crippen LogP contribution >= 0.6 is 0 Å². The minimum absolute atomic E-state index is 0.0130. The number of anilines is 1. The lowest BCUT2D eigenvalue weighted by Gasteiger charge is -2.31. The molecule has 17 heavy (non-hydrogen) atoms. The second-order valence-corrected chi connectivity index (χ2v) is 3.69. The third-order valence-corrected chi connectivity index (χ3v) is 2.64. The number of aromatic nitrogens is 2. The van der Waals surface area contributed by atoms with Crippen LogP contribution in [0.4, 0.5) is 23.4 Å². The summed E-state index contributed by atoms with van der Waals surface area (Å²) in [6.07, 6.45) is -4.91. The molecule has 0 fully saturated rings. The summed E-state index contributed by atoms with van der Waals surface area (Å²) in [5.41, 5.74) is -0.0130. The largest absolute Gasteiger partial charge is 0.361 e. The number of nitriles is 1. The Morgan fingerprint density at radius 1 is 1.41 bits per heavy atom. The summed E-state index contributed by atoms with van der Waals surface area (Å²) in [5, 5.41) is 14.7. The van der Waals surface area contributed by atoms with Gasteiger partial charge in [0.25, 0.3) is 12.9 Å². The first-order valence-electron chi connectivity index (χ1n) is 4.85. The first kappa shape index (κ1) is 11.7. The van der Waals surface area contributed by atoms with Crippen molar-refractivity contribution in [2.24, 2.45) is 0 Å². The van der Waals surface area contributed by atoms with E-state index >= 15 is 0 Å². The molecule has 1 aliphatic rings. The topological polar surface area (TPSA) is 53.6 Å². The van der Waals surface area contributed by atoms with Crippen molar-refractivity contribution in [3.8, 4) is 6.07 Å². The van der Waals surface area contributed by atoms with Crippen LogP contribution in [0, 0.1) is 11.3 Å². The van der Waals surface area contributed by atoms with E-state index in [9.17, 15) is 17.6 Å². The van der Waals surface area contributed by atoms with Crippen LogP contribution in [0.3, 0.4) is 0 Å². The first-order valence-corrected chi connectivity index (χ1v) is 4.85. The van der Waals surface area contributed by atoms with Crippen molar-refractivity contribution >= 4 is 5.82 Å². The summed E-state index contributed by atoms with van der Waals surface area (Å²) in [6, 6.07) is -1.09. The Hall–Kier alpha value is -1.78. The van der Waals surface area contributed by atoms with Gasteiger partial charge in [-0.05, 0) is 0 Å². The predicted molar refractivity (Wildman–Crippen MR) is 50.0 cm³/mol. The number of hydrogen-bond acceptors (Lipinski definition) is 3. The number of hydrogen-bond donors (Lipinski definition) is 1. The molecule has 1 aliphatic heterocycles. The lowest BCUT2D eigenvalue weighted by atomic mass is 10.0. The van der Waals surface area contributed by atoms with Crippen LogP contribution in [0.2, 0.25) is 0 Å². The van der Waals surface area contributed by atoms with E-state index in [1.165, 1.54) is 0 Å². The third kappa shape index (κ3) is 1.92. The van der Waals surface area contributed by atoms with Crippen LogP contribution in [0.1, 0.15) is 18.0 Å². The van der Waals surface area contributed by atoms with Crippen molar-refractivity contribution in [2.75, 3.05) is 5.32 Å². The van der Waals surface area contributed by atoms with Crippen LogP contribution in [-0.2, 0) is 0 Å². The molecule has 1 N–H and O–H groups in total. The molecule has 0 unspecified atom stereocenters. The molecule has 0 saturated carbocycles. The molecule has 1 aromatic heterocycles. The van der Waals surface area contributed by atoms with E-state index in [2.05, 4.69) is 10.4 Å². The Balaban J connectivity index is 2.41. The summed E-state index contributed by atoms with van der Waals surface area (Å²) in [7, 11) is 0. The van der Waals surface area contributed by atoms with E-state index in [1.54, 1.807) is 6.07 Å². The average molecular weight is 248 g/mol. The highest BCUT2D eigenvalue weighted by Crippen LogP contribution is 2.34. The van der Waals surface area contributed by atoms with Crippen molar-refractivity contribution in [1.82, 2.24) is 9.78 Å². The van der Waals surface area contributed by atoms with E-state index < -0.39 is 31.4 Å². The van der Waals surface area contributed by atoms with Crippen molar-refractivity contribution in [3.05, 3.63) is 11.8 Å². The van der Waals surface area contributed by atoms with Crippen LogP contribution in [0.5, 0.6) is 0 Å². The van der Waals surface area contributed by atoms with Gasteiger partial charge in [-0.3, -0.25) is 0 Å². The van der Waals surface area contributed by atoms with Gasteiger partial charge in [-0.15, -0.1) is 0 Å². The zero-order valence-electron chi connectivity index (χ0n) is 8.45. The SMILES string of the molecule is N#Cc1cnn2c1N[C@@H](C(F)F)C[C@@H]2C(F)F. The summed E-state index contributed by atoms with van der Waals surface area (Å²) < 4.78 is 51.5. The van der Waals surface area contributed by atoms with Gasteiger partial charge in [0.05, 0.1) is 12.2 Å². The van der Waals surface area contributed by atoms with Crippen molar-refractivity contribution in [2.45, 2.75) is 31.4 Å². The molecular weight excluding hydrogens is 240 g/mol. The lowest BCUT2D eigenvalue weighted by Crippen LogP contribution is -2.39. The van der Waals surface area contributed by atoms with Crippen LogP contribution in [0.15, 0.2) is 6.20 Å². The number of halogens is 4. The van der Waals surface area contributed by atoms with Crippen LogP contribution < -0.4 is 5.32 Å². The van der Waals surface area contributed by atoms with Crippen molar-refractivity contribution < 1.29 is 17.6 Å². The first-order chi connectivity index (χ1) is 8.04. The molecule has 8 heteroatoms. The van der Waals surface area contributed by atoms with E-state index in [-0.39, 0.29) is 11.4 Å². The van der Waals surface area contributed by atoms with Gasteiger partial charge in [0, 0.05) is 6.42 Å². The van der Waals surface area contributed by atoms with E-state index in [0.717, 1.165) is 10.9 Å². The third-order valence-electron chi connectivity index (χ3n) is 2.64. The van der Waals surface area contributed by atoms with E-state index in [0.29, 0.717) is 0 Å². The van der Waals surface area contributed by atoms with Gasteiger partial charge in [-0.2, -0.15) is 10.4 Å². The normalized spacial score (nSPS) is 23.4. The summed E-state index contributed by atoms with van der Waals surface area (Å²) in [4.78, 5) is 0. The maximum atomic E-state index is 12.7. The molecule has 0 spiro atoms. The molecule has 92 valence electrons. The van der Waals surface area contributed by atoms with E-state index in [1.807, 2.05) is 0 Å². The second-order valence-electron chi connectivity index (χ2n) is 3.69. The van der Waals surface area contributed by atoms with Gasteiger partial charge in [0.2, 0.25) is 0 Å². The summed E-state index contributed by atoms with van der Waals surface area (Å²) in [6.45, 7) is 0. The van der Waals surface area contributed by atoms with Gasteiger partial charge in [0.1, 0.15) is 23.5 Å². The van der Waals surface area contributed by atoms with Gasteiger partial charge in [0.15, 0.2) is 0 Å². The number of rotatable bonds is 2. The maximum Gasteiger partial charge on any atom is 0.260 e. The molecule has 2 atom stereocenters. The molecule has 0 aromatic carbocycles. The highest BCUT2D eigenvalue weighted by molar-refractivity contribution is 5.53. The highest BCUT2D eigenvalue weighted by atomic mass is 19.3.